The van der Waals surface area contributed by atoms with Crippen molar-refractivity contribution < 1.29 is 9.53 Å². The fourth-order valence-electron chi connectivity index (χ4n) is 1.24. The largest absolute Gasteiger partial charge is 0.442 e. The van der Waals surface area contributed by atoms with Gasteiger partial charge in [-0.3, -0.25) is 0 Å². The molecule has 2 rings (SSSR count). The minimum atomic E-state index is -0.388. The number of carbonyl (C=O) groups excluding carboxylic acids is 1. The number of cyclic esters (lactones) is 1. The molecule has 1 aromatic heterocycles. The highest BCUT2D eigenvalue weighted by atomic mass is 79.9. The predicted octanol–water partition coefficient (Wildman–Crippen LogP) is 0.0904. The van der Waals surface area contributed by atoms with Crippen molar-refractivity contribution in [3.8, 4) is 10.8 Å². The monoisotopic (exact) mass is 270 g/mol. The molecule has 1 N–H and O–H groups in total. The highest BCUT2D eigenvalue weighted by molar-refractivity contribution is 9.12. The number of hydrogen-bond acceptors (Lipinski definition) is 4. The minimum absolute atomic E-state index is 0.191. The smallest absolute Gasteiger partial charge is 0.407 e. The maximum absolute atomic E-state index is 10.7. The summed E-state index contributed by atoms with van der Waals surface area (Å²) in [6, 6.07) is 0. The fourth-order valence-corrected chi connectivity index (χ4v) is 1.44. The highest BCUT2D eigenvalue weighted by Crippen LogP contribution is 2.03. The number of carbonyl (C=O) groups is 1. The number of aromatic nitrogens is 3. The van der Waals surface area contributed by atoms with Crippen molar-refractivity contribution in [3.05, 3.63) is 11.9 Å². The SMILES string of the molecule is O=C1NCC(Cn2cc(C#CBr)nn2)O1. The Morgan fingerprint density at radius 3 is 3.33 bits per heavy atom. The first kappa shape index (κ1) is 9.98. The Morgan fingerprint density at radius 2 is 2.67 bits per heavy atom. The predicted molar refractivity (Wildman–Crippen MR) is 54.1 cm³/mol. The first-order valence-corrected chi connectivity index (χ1v) is 5.03. The number of rotatable bonds is 2. The van der Waals surface area contributed by atoms with E-state index in [9.17, 15) is 4.79 Å². The summed E-state index contributed by atoms with van der Waals surface area (Å²) in [6.45, 7) is 0.980. The van der Waals surface area contributed by atoms with Gasteiger partial charge in [-0.05, 0) is 10.8 Å². The van der Waals surface area contributed by atoms with Crippen molar-refractivity contribution in [1.82, 2.24) is 20.3 Å². The van der Waals surface area contributed by atoms with E-state index in [0.717, 1.165) is 0 Å². The van der Waals surface area contributed by atoms with Gasteiger partial charge in [0.2, 0.25) is 0 Å². The Morgan fingerprint density at radius 1 is 1.80 bits per heavy atom. The molecule has 0 spiro atoms. The number of halogens is 1. The average molecular weight is 271 g/mol. The van der Waals surface area contributed by atoms with Gasteiger partial charge < -0.3 is 10.1 Å². The van der Waals surface area contributed by atoms with Crippen LogP contribution in [0.2, 0.25) is 0 Å². The van der Waals surface area contributed by atoms with Gasteiger partial charge in [-0.25, -0.2) is 9.48 Å². The van der Waals surface area contributed by atoms with E-state index in [-0.39, 0.29) is 12.2 Å². The molecular formula is C8H7BrN4O2. The molecule has 1 aliphatic rings. The summed E-state index contributed by atoms with van der Waals surface area (Å²) in [6.07, 6.45) is 1.12. The van der Waals surface area contributed by atoms with Crippen molar-refractivity contribution in [1.29, 1.82) is 0 Å². The lowest BCUT2D eigenvalue weighted by atomic mass is 10.3. The molecule has 2 heterocycles. The molecule has 1 fully saturated rings. The molecule has 0 bridgehead atoms. The summed E-state index contributed by atoms with van der Waals surface area (Å²) in [4.78, 5) is 13.3. The molecule has 1 aliphatic heterocycles. The van der Waals surface area contributed by atoms with Crippen molar-refractivity contribution in [2.45, 2.75) is 12.6 Å². The first-order valence-electron chi connectivity index (χ1n) is 4.24. The van der Waals surface area contributed by atoms with Crippen molar-refractivity contribution in [2.75, 3.05) is 6.54 Å². The number of nitrogens with zero attached hydrogens (tertiary/aromatic N) is 3. The molecule has 0 aromatic carbocycles. The second-order valence-corrected chi connectivity index (χ2v) is 3.35. The van der Waals surface area contributed by atoms with Crippen LogP contribution >= 0.6 is 15.9 Å². The van der Waals surface area contributed by atoms with Crippen molar-refractivity contribution in [2.24, 2.45) is 0 Å². The van der Waals surface area contributed by atoms with Crippen LogP contribution < -0.4 is 5.32 Å². The molecule has 1 aromatic rings. The van der Waals surface area contributed by atoms with Crippen LogP contribution in [0.15, 0.2) is 6.20 Å². The van der Waals surface area contributed by atoms with E-state index < -0.39 is 0 Å². The van der Waals surface area contributed by atoms with E-state index in [4.69, 9.17) is 4.74 Å². The fraction of sp³-hybridized carbons (Fsp3) is 0.375. The van der Waals surface area contributed by atoms with E-state index in [2.05, 4.69) is 42.3 Å². The van der Waals surface area contributed by atoms with E-state index in [0.29, 0.717) is 18.8 Å². The molecule has 1 amide bonds. The lowest BCUT2D eigenvalue weighted by molar-refractivity contribution is 0.128. The topological polar surface area (TPSA) is 69.0 Å². The molecule has 1 unspecified atom stereocenters. The summed E-state index contributed by atoms with van der Waals surface area (Å²) in [7, 11) is 0. The van der Waals surface area contributed by atoms with Crippen LogP contribution in [0.1, 0.15) is 5.69 Å². The number of amides is 1. The van der Waals surface area contributed by atoms with E-state index in [1.807, 2.05) is 0 Å². The maximum Gasteiger partial charge on any atom is 0.407 e. The quantitative estimate of drug-likeness (QED) is 0.774. The third-order valence-corrected chi connectivity index (χ3v) is 2.05. The minimum Gasteiger partial charge on any atom is -0.442 e. The summed E-state index contributed by atoms with van der Waals surface area (Å²) < 4.78 is 6.55. The molecule has 6 nitrogen and oxygen atoms in total. The summed E-state index contributed by atoms with van der Waals surface area (Å²) >= 11 is 2.97. The summed E-state index contributed by atoms with van der Waals surface area (Å²) in [5, 5.41) is 10.2. The molecule has 1 saturated heterocycles. The van der Waals surface area contributed by atoms with E-state index in [1.165, 1.54) is 0 Å². The third kappa shape index (κ3) is 2.47. The van der Waals surface area contributed by atoms with Crippen LogP contribution in [0.4, 0.5) is 4.79 Å². The van der Waals surface area contributed by atoms with Gasteiger partial charge in [0.15, 0.2) is 5.69 Å². The van der Waals surface area contributed by atoms with Crippen molar-refractivity contribution in [3.63, 3.8) is 0 Å². The Hall–Kier alpha value is -1.55. The second-order valence-electron chi connectivity index (χ2n) is 2.95. The standard InChI is InChI=1S/C8H7BrN4O2/c9-2-1-6-4-13(12-11-6)5-7-3-10-8(14)15-7/h4,7H,3,5H2,(H,10,14). The van der Waals surface area contributed by atoms with Crippen LogP contribution in [-0.2, 0) is 11.3 Å². The zero-order chi connectivity index (χ0) is 10.7. The van der Waals surface area contributed by atoms with Crippen LogP contribution in [0, 0.1) is 10.8 Å². The molecule has 0 radical (unpaired) electrons. The van der Waals surface area contributed by atoms with E-state index in [1.54, 1.807) is 10.9 Å². The lowest BCUT2D eigenvalue weighted by Gasteiger charge is -2.05. The lowest BCUT2D eigenvalue weighted by Crippen LogP contribution is -2.20. The first-order chi connectivity index (χ1) is 7.28. The number of alkyl carbamates (subject to hydrolysis) is 1. The van der Waals surface area contributed by atoms with E-state index >= 15 is 0 Å². The zero-order valence-electron chi connectivity index (χ0n) is 7.61. The summed E-state index contributed by atoms with van der Waals surface area (Å²) in [5.74, 6) is 2.71. The number of hydrogen-bond donors (Lipinski definition) is 1. The van der Waals surface area contributed by atoms with Gasteiger partial charge in [-0.1, -0.05) is 5.21 Å². The Labute approximate surface area is 94.1 Å². The zero-order valence-corrected chi connectivity index (χ0v) is 9.19. The normalized spacial score (nSPS) is 19.0. The van der Waals surface area contributed by atoms with Crippen LogP contribution in [0.25, 0.3) is 0 Å². The summed E-state index contributed by atoms with van der Waals surface area (Å²) in [5.41, 5.74) is 0.573. The van der Waals surface area contributed by atoms with Gasteiger partial charge in [0.1, 0.15) is 6.10 Å². The van der Waals surface area contributed by atoms with Crippen LogP contribution in [-0.4, -0.2) is 33.7 Å². The molecule has 1 atom stereocenters. The third-order valence-electron chi connectivity index (χ3n) is 1.85. The Kier molecular flexibility index (Phi) is 2.87. The van der Waals surface area contributed by atoms with Crippen LogP contribution in [0.3, 0.4) is 0 Å². The van der Waals surface area contributed by atoms with Gasteiger partial charge in [-0.2, -0.15) is 0 Å². The van der Waals surface area contributed by atoms with Gasteiger partial charge in [0.05, 0.1) is 19.3 Å². The molecular weight excluding hydrogens is 264 g/mol. The van der Waals surface area contributed by atoms with Crippen molar-refractivity contribution >= 4 is 22.0 Å². The van der Waals surface area contributed by atoms with Crippen LogP contribution in [0.5, 0.6) is 0 Å². The molecule has 0 aliphatic carbocycles. The van der Waals surface area contributed by atoms with Gasteiger partial charge in [0.25, 0.3) is 0 Å². The molecule has 78 valence electrons. The van der Waals surface area contributed by atoms with Gasteiger partial charge in [-0.15, -0.1) is 5.10 Å². The second kappa shape index (κ2) is 4.31. The maximum atomic E-state index is 10.7. The Balaban J connectivity index is 1.97. The van der Waals surface area contributed by atoms with Gasteiger partial charge >= 0.3 is 6.09 Å². The average Bonchev–Trinajstić information content (AvgIpc) is 2.78. The number of nitrogens with one attached hydrogen (secondary N) is 1. The molecule has 0 saturated carbocycles. The number of ether oxygens (including phenoxy) is 1. The van der Waals surface area contributed by atoms with Gasteiger partial charge in [0, 0.05) is 15.9 Å². The molecule has 7 heteroatoms. The highest BCUT2D eigenvalue weighted by Gasteiger charge is 2.22. The Bertz CT molecular complexity index is 433. The molecule has 15 heavy (non-hydrogen) atoms.